The van der Waals surface area contributed by atoms with Gasteiger partial charge in [0.1, 0.15) is 0 Å². The van der Waals surface area contributed by atoms with Crippen LogP contribution in [0.25, 0.3) is 11.0 Å². The number of nitrogens with one attached hydrogen (secondary N) is 1. The van der Waals surface area contributed by atoms with E-state index in [1.54, 1.807) is 24.3 Å². The Balaban J connectivity index is 1.78. The minimum absolute atomic E-state index is 0.168. The van der Waals surface area contributed by atoms with Crippen LogP contribution in [-0.4, -0.2) is 33.8 Å². The Bertz CT molecular complexity index is 1070. The van der Waals surface area contributed by atoms with Crippen LogP contribution in [0.4, 0.5) is 5.69 Å². The van der Waals surface area contributed by atoms with Gasteiger partial charge >= 0.3 is 5.97 Å². The molecule has 0 fully saturated rings. The number of methoxy groups -OCH3 is 1. The van der Waals surface area contributed by atoms with Crippen LogP contribution in [0.15, 0.2) is 30.5 Å². The monoisotopic (exact) mass is 394 g/mol. The summed E-state index contributed by atoms with van der Waals surface area (Å²) < 4.78 is 6.68. The number of hydrogen-bond donors (Lipinski definition) is 1. The number of hydrogen-bond acceptors (Lipinski definition) is 5. The van der Waals surface area contributed by atoms with Crippen molar-refractivity contribution in [2.24, 2.45) is 0 Å². The number of esters is 1. The molecule has 0 spiro atoms. The molecular weight excluding hydrogens is 368 g/mol. The Morgan fingerprint density at radius 2 is 1.93 bits per heavy atom. The number of fused-ring (bicyclic) bond motifs is 1. The fourth-order valence-corrected chi connectivity index (χ4v) is 3.47. The molecule has 152 valence electrons. The standard InChI is InChI=1S/C22H26N4O3/c1-13(2)26-21-18(12-23-26)14(3)16(15(4)24-21)10-11-20(27)25-19-9-7-6-8-17(19)22(28)29-5/h6-9,12-13H,10-11H2,1-5H3,(H,25,27). The van der Waals surface area contributed by atoms with Gasteiger partial charge in [-0.2, -0.15) is 5.10 Å². The Kier molecular flexibility index (Phi) is 5.96. The fourth-order valence-electron chi connectivity index (χ4n) is 3.47. The second-order valence-electron chi connectivity index (χ2n) is 7.31. The lowest BCUT2D eigenvalue weighted by Crippen LogP contribution is -2.16. The number of rotatable bonds is 6. The van der Waals surface area contributed by atoms with Gasteiger partial charge in [0.2, 0.25) is 5.91 Å². The molecule has 7 heteroatoms. The number of amides is 1. The van der Waals surface area contributed by atoms with Gasteiger partial charge in [-0.15, -0.1) is 0 Å². The minimum atomic E-state index is -0.482. The Labute approximate surface area is 170 Å². The molecule has 0 aliphatic rings. The molecule has 1 amide bonds. The normalized spacial score (nSPS) is 11.1. The third-order valence-electron chi connectivity index (χ3n) is 5.03. The summed E-state index contributed by atoms with van der Waals surface area (Å²) in [4.78, 5) is 29.1. The molecule has 0 bridgehead atoms. The second kappa shape index (κ2) is 8.43. The zero-order valence-corrected chi connectivity index (χ0v) is 17.4. The lowest BCUT2D eigenvalue weighted by atomic mass is 10.00. The van der Waals surface area contributed by atoms with E-state index in [4.69, 9.17) is 9.72 Å². The third kappa shape index (κ3) is 4.13. The molecule has 0 aliphatic heterocycles. The number of anilines is 1. The SMILES string of the molecule is COC(=O)c1ccccc1NC(=O)CCc1c(C)nc2c(cnn2C(C)C)c1C. The van der Waals surface area contributed by atoms with Gasteiger partial charge in [0.05, 0.1) is 24.6 Å². The van der Waals surface area contributed by atoms with Gasteiger partial charge in [0.15, 0.2) is 5.65 Å². The predicted octanol–water partition coefficient (Wildman–Crippen LogP) is 3.99. The molecule has 1 aromatic carbocycles. The van der Waals surface area contributed by atoms with Crippen LogP contribution in [0.3, 0.4) is 0 Å². The molecule has 1 N–H and O–H groups in total. The summed E-state index contributed by atoms with van der Waals surface area (Å²) in [6.07, 6.45) is 2.68. The number of aromatic nitrogens is 3. The van der Waals surface area contributed by atoms with Crippen molar-refractivity contribution < 1.29 is 14.3 Å². The van der Waals surface area contributed by atoms with Crippen molar-refractivity contribution in [1.29, 1.82) is 0 Å². The Morgan fingerprint density at radius 3 is 2.62 bits per heavy atom. The van der Waals surface area contributed by atoms with Crippen LogP contribution in [0.2, 0.25) is 0 Å². The molecule has 0 radical (unpaired) electrons. The van der Waals surface area contributed by atoms with Gasteiger partial charge in [-0.05, 0) is 57.4 Å². The highest BCUT2D eigenvalue weighted by atomic mass is 16.5. The van der Waals surface area contributed by atoms with Crippen LogP contribution >= 0.6 is 0 Å². The molecule has 0 saturated carbocycles. The lowest BCUT2D eigenvalue weighted by Gasteiger charge is -2.13. The number of nitrogens with zero attached hydrogens (tertiary/aromatic N) is 3. The smallest absolute Gasteiger partial charge is 0.339 e. The first-order chi connectivity index (χ1) is 13.8. The summed E-state index contributed by atoms with van der Waals surface area (Å²) in [6, 6.07) is 7.03. The first-order valence-corrected chi connectivity index (χ1v) is 9.64. The summed E-state index contributed by atoms with van der Waals surface area (Å²) in [6.45, 7) is 8.15. The van der Waals surface area contributed by atoms with Crippen molar-refractivity contribution >= 4 is 28.6 Å². The van der Waals surface area contributed by atoms with E-state index in [1.807, 2.05) is 24.7 Å². The summed E-state index contributed by atoms with van der Waals surface area (Å²) in [7, 11) is 1.32. The number of pyridine rings is 1. The number of benzene rings is 1. The minimum Gasteiger partial charge on any atom is -0.465 e. The van der Waals surface area contributed by atoms with Crippen molar-refractivity contribution in [3.63, 3.8) is 0 Å². The van der Waals surface area contributed by atoms with E-state index < -0.39 is 5.97 Å². The zero-order chi connectivity index (χ0) is 21.1. The van der Waals surface area contributed by atoms with Gasteiger partial charge in [0.25, 0.3) is 0 Å². The van der Waals surface area contributed by atoms with E-state index in [9.17, 15) is 9.59 Å². The quantitative estimate of drug-likeness (QED) is 0.639. The molecule has 0 saturated heterocycles. The van der Waals surface area contributed by atoms with Crippen molar-refractivity contribution in [3.05, 3.63) is 52.8 Å². The zero-order valence-electron chi connectivity index (χ0n) is 17.4. The van der Waals surface area contributed by atoms with E-state index in [2.05, 4.69) is 24.3 Å². The lowest BCUT2D eigenvalue weighted by molar-refractivity contribution is -0.116. The summed E-state index contributed by atoms with van der Waals surface area (Å²) >= 11 is 0. The van der Waals surface area contributed by atoms with Crippen molar-refractivity contribution in [3.8, 4) is 0 Å². The maximum atomic E-state index is 12.5. The number of aryl methyl sites for hydroxylation is 2. The Hall–Kier alpha value is -3.22. The average Bonchev–Trinajstić information content (AvgIpc) is 3.11. The highest BCUT2D eigenvalue weighted by molar-refractivity contribution is 6.01. The molecule has 3 aromatic rings. The van der Waals surface area contributed by atoms with Crippen LogP contribution < -0.4 is 5.32 Å². The van der Waals surface area contributed by atoms with E-state index in [-0.39, 0.29) is 18.4 Å². The molecule has 7 nitrogen and oxygen atoms in total. The third-order valence-corrected chi connectivity index (χ3v) is 5.03. The van der Waals surface area contributed by atoms with Crippen molar-refractivity contribution in [2.75, 3.05) is 12.4 Å². The maximum absolute atomic E-state index is 12.5. The first kappa shape index (κ1) is 20.5. The maximum Gasteiger partial charge on any atom is 0.339 e. The second-order valence-corrected chi connectivity index (χ2v) is 7.31. The van der Waals surface area contributed by atoms with Crippen molar-refractivity contribution in [1.82, 2.24) is 14.8 Å². The molecule has 0 atom stereocenters. The van der Waals surface area contributed by atoms with Crippen LogP contribution in [0.5, 0.6) is 0 Å². The topological polar surface area (TPSA) is 86.1 Å². The highest BCUT2D eigenvalue weighted by Gasteiger charge is 2.17. The molecule has 2 aromatic heterocycles. The number of ether oxygens (including phenoxy) is 1. The van der Waals surface area contributed by atoms with E-state index in [0.29, 0.717) is 17.7 Å². The molecular formula is C22H26N4O3. The van der Waals surface area contributed by atoms with Gasteiger partial charge in [0, 0.05) is 23.5 Å². The summed E-state index contributed by atoms with van der Waals surface area (Å²) in [5.74, 6) is -0.650. The number of para-hydroxylation sites is 1. The van der Waals surface area contributed by atoms with Gasteiger partial charge < -0.3 is 10.1 Å². The molecule has 0 unspecified atom stereocenters. The van der Waals surface area contributed by atoms with Crippen LogP contribution in [-0.2, 0) is 16.0 Å². The molecule has 0 aliphatic carbocycles. The van der Waals surface area contributed by atoms with Crippen molar-refractivity contribution in [2.45, 2.75) is 46.6 Å². The van der Waals surface area contributed by atoms with E-state index >= 15 is 0 Å². The number of carbonyl (C=O) groups excluding carboxylic acids is 2. The van der Waals surface area contributed by atoms with E-state index in [1.165, 1.54) is 7.11 Å². The van der Waals surface area contributed by atoms with Gasteiger partial charge in [-0.1, -0.05) is 12.1 Å². The van der Waals surface area contributed by atoms with Gasteiger partial charge in [-0.25, -0.2) is 14.5 Å². The summed E-state index contributed by atoms with van der Waals surface area (Å²) in [5, 5.41) is 8.28. The predicted molar refractivity (Wildman–Crippen MR) is 112 cm³/mol. The van der Waals surface area contributed by atoms with Crippen LogP contribution in [0, 0.1) is 13.8 Å². The summed E-state index contributed by atoms with van der Waals surface area (Å²) in [5.41, 5.74) is 4.71. The van der Waals surface area contributed by atoms with Crippen LogP contribution in [0.1, 0.15) is 53.5 Å². The largest absolute Gasteiger partial charge is 0.465 e. The van der Waals surface area contributed by atoms with E-state index in [0.717, 1.165) is 27.9 Å². The molecule has 29 heavy (non-hydrogen) atoms. The highest BCUT2D eigenvalue weighted by Crippen LogP contribution is 2.25. The Morgan fingerprint density at radius 1 is 1.21 bits per heavy atom. The molecule has 3 rings (SSSR count). The van der Waals surface area contributed by atoms with Gasteiger partial charge in [-0.3, -0.25) is 4.79 Å². The molecule has 2 heterocycles. The fraction of sp³-hybridized carbons (Fsp3) is 0.364. The number of carbonyl (C=O) groups is 2. The average molecular weight is 394 g/mol. The first-order valence-electron chi connectivity index (χ1n) is 9.64.